The second kappa shape index (κ2) is 7.09. The number of carbonyl (C=O) groups excluding carboxylic acids is 1. The summed E-state index contributed by atoms with van der Waals surface area (Å²) >= 11 is 0.739. The number of benzene rings is 1. The first-order valence-electron chi connectivity index (χ1n) is 6.74. The molecule has 1 aromatic heterocycles. The molecule has 0 atom stereocenters. The van der Waals surface area contributed by atoms with Crippen molar-refractivity contribution in [3.05, 3.63) is 39.7 Å². The summed E-state index contributed by atoms with van der Waals surface area (Å²) < 4.78 is 38.6. The van der Waals surface area contributed by atoms with Gasteiger partial charge in [-0.15, -0.1) is 10.2 Å². The third-order valence-corrected chi connectivity index (χ3v) is 4.15. The van der Waals surface area contributed by atoms with Gasteiger partial charge in [-0.1, -0.05) is 23.9 Å². The number of nitrogens with zero attached hydrogens (tertiary/aromatic N) is 4. The first-order chi connectivity index (χ1) is 11.6. The summed E-state index contributed by atoms with van der Waals surface area (Å²) in [7, 11) is 1.13. The number of hydrogen-bond donors (Lipinski definition) is 1. The highest BCUT2D eigenvalue weighted by atomic mass is 32.2. The summed E-state index contributed by atoms with van der Waals surface area (Å²) in [5, 5.41) is 19.7. The second-order valence-electron chi connectivity index (χ2n) is 4.93. The zero-order valence-electron chi connectivity index (χ0n) is 13.0. The number of nitrogens with one attached hydrogen (secondary N) is 1. The van der Waals surface area contributed by atoms with E-state index in [2.05, 4.69) is 15.5 Å². The van der Waals surface area contributed by atoms with Crippen LogP contribution in [0.3, 0.4) is 0 Å². The van der Waals surface area contributed by atoms with Gasteiger partial charge in [0.05, 0.1) is 10.7 Å². The Kier molecular flexibility index (Phi) is 5.30. The molecule has 0 saturated carbocycles. The highest BCUT2D eigenvalue weighted by Crippen LogP contribution is 2.30. The Labute approximate surface area is 143 Å². The van der Waals surface area contributed by atoms with Gasteiger partial charge in [-0.25, -0.2) is 0 Å². The van der Waals surface area contributed by atoms with Crippen LogP contribution in [-0.2, 0) is 18.0 Å². The van der Waals surface area contributed by atoms with Crippen LogP contribution in [0, 0.1) is 17.0 Å². The Balaban J connectivity index is 2.08. The average Bonchev–Trinajstić information content (AvgIpc) is 2.88. The molecule has 0 aliphatic carbocycles. The smallest absolute Gasteiger partial charge is 0.319 e. The zero-order valence-corrected chi connectivity index (χ0v) is 13.8. The van der Waals surface area contributed by atoms with E-state index in [4.69, 9.17) is 0 Å². The third kappa shape index (κ3) is 4.26. The van der Waals surface area contributed by atoms with Crippen LogP contribution in [-0.4, -0.2) is 31.3 Å². The Morgan fingerprint density at radius 3 is 2.64 bits per heavy atom. The number of nitro benzene ring substituents is 1. The van der Waals surface area contributed by atoms with E-state index in [1.165, 1.54) is 12.1 Å². The van der Waals surface area contributed by atoms with Crippen molar-refractivity contribution in [1.82, 2.24) is 14.8 Å². The van der Waals surface area contributed by atoms with Crippen LogP contribution in [0.15, 0.2) is 23.4 Å². The number of carbonyl (C=O) groups is 1. The molecule has 134 valence electrons. The third-order valence-electron chi connectivity index (χ3n) is 3.13. The minimum atomic E-state index is -4.65. The van der Waals surface area contributed by atoms with Crippen molar-refractivity contribution in [3.8, 4) is 0 Å². The van der Waals surface area contributed by atoms with Crippen molar-refractivity contribution in [1.29, 1.82) is 0 Å². The van der Waals surface area contributed by atoms with Gasteiger partial charge < -0.3 is 9.88 Å². The fraction of sp³-hybridized carbons (Fsp3) is 0.308. The molecule has 2 aromatic rings. The standard InChI is InChI=1S/C13H12F3N5O3S/c1-7-4-3-5-8(21(23)24)10(7)17-9(22)6-25-12-19-18-11(20(12)2)13(14,15)16/h3-5H,6H2,1-2H3,(H,17,22). The molecule has 0 aliphatic heterocycles. The highest BCUT2D eigenvalue weighted by molar-refractivity contribution is 7.99. The van der Waals surface area contributed by atoms with Gasteiger partial charge in [-0.05, 0) is 12.5 Å². The molecule has 0 saturated heterocycles. The summed E-state index contributed by atoms with van der Waals surface area (Å²) in [4.78, 5) is 22.4. The number of nitro groups is 1. The summed E-state index contributed by atoms with van der Waals surface area (Å²) in [5.41, 5.74) is 0.272. The van der Waals surface area contributed by atoms with Crippen LogP contribution in [0.25, 0.3) is 0 Å². The lowest BCUT2D eigenvalue weighted by Crippen LogP contribution is -2.17. The molecule has 2 rings (SSSR count). The van der Waals surface area contributed by atoms with Gasteiger partial charge in [0.15, 0.2) is 5.16 Å². The number of amides is 1. The molecule has 1 aromatic carbocycles. The minimum Gasteiger partial charge on any atom is -0.319 e. The first-order valence-corrected chi connectivity index (χ1v) is 7.73. The van der Waals surface area contributed by atoms with Crippen molar-refractivity contribution < 1.29 is 22.9 Å². The van der Waals surface area contributed by atoms with Crippen LogP contribution in [0.2, 0.25) is 0 Å². The van der Waals surface area contributed by atoms with Gasteiger partial charge in [0, 0.05) is 13.1 Å². The molecule has 25 heavy (non-hydrogen) atoms. The molecule has 1 amide bonds. The van der Waals surface area contributed by atoms with E-state index < -0.39 is 22.8 Å². The van der Waals surface area contributed by atoms with Crippen molar-refractivity contribution in [2.24, 2.45) is 7.05 Å². The van der Waals surface area contributed by atoms with Crippen molar-refractivity contribution >= 4 is 29.0 Å². The Morgan fingerprint density at radius 2 is 2.08 bits per heavy atom. The van der Waals surface area contributed by atoms with Crippen LogP contribution >= 0.6 is 11.8 Å². The van der Waals surface area contributed by atoms with Crippen molar-refractivity contribution in [3.63, 3.8) is 0 Å². The fourth-order valence-corrected chi connectivity index (χ4v) is 2.67. The molecule has 0 spiro atoms. The Hall–Kier alpha value is -2.63. The molecule has 8 nitrogen and oxygen atoms in total. The van der Waals surface area contributed by atoms with Crippen LogP contribution in [0.5, 0.6) is 0 Å². The van der Waals surface area contributed by atoms with Crippen LogP contribution in [0.4, 0.5) is 24.5 Å². The fourth-order valence-electron chi connectivity index (χ4n) is 1.96. The lowest BCUT2D eigenvalue weighted by atomic mass is 10.1. The lowest BCUT2D eigenvalue weighted by molar-refractivity contribution is -0.384. The SMILES string of the molecule is Cc1cccc([N+](=O)[O-])c1NC(=O)CSc1nnc(C(F)(F)F)n1C. The van der Waals surface area contributed by atoms with Gasteiger partial charge in [-0.3, -0.25) is 14.9 Å². The molecule has 0 radical (unpaired) electrons. The van der Waals surface area contributed by atoms with E-state index in [1.54, 1.807) is 13.0 Å². The summed E-state index contributed by atoms with van der Waals surface area (Å²) in [6.45, 7) is 1.59. The Bertz CT molecular complexity index is 822. The summed E-state index contributed by atoms with van der Waals surface area (Å²) in [6.07, 6.45) is -4.65. The molecule has 0 unspecified atom stereocenters. The van der Waals surface area contributed by atoms with Gasteiger partial charge in [0.1, 0.15) is 5.69 Å². The number of rotatable bonds is 5. The van der Waals surface area contributed by atoms with Crippen molar-refractivity contribution in [2.75, 3.05) is 11.1 Å². The maximum absolute atomic E-state index is 12.6. The number of hydrogen-bond acceptors (Lipinski definition) is 6. The largest absolute Gasteiger partial charge is 0.451 e. The molecule has 0 aliphatic rings. The predicted molar refractivity (Wildman–Crippen MR) is 83.2 cm³/mol. The number of thioether (sulfide) groups is 1. The zero-order chi connectivity index (χ0) is 18.8. The maximum Gasteiger partial charge on any atom is 0.451 e. The van der Waals surface area contributed by atoms with Gasteiger partial charge in [-0.2, -0.15) is 13.2 Å². The molecular weight excluding hydrogens is 363 g/mol. The molecular formula is C13H12F3N5O3S. The van der Waals surface area contributed by atoms with Crippen LogP contribution < -0.4 is 5.32 Å². The van der Waals surface area contributed by atoms with E-state index in [9.17, 15) is 28.1 Å². The molecule has 12 heteroatoms. The minimum absolute atomic E-state index is 0.0482. The summed E-state index contributed by atoms with van der Waals surface area (Å²) in [5.74, 6) is -2.07. The lowest BCUT2D eigenvalue weighted by Gasteiger charge is -2.09. The predicted octanol–water partition coefficient (Wildman–Crippen LogP) is 2.78. The molecule has 1 heterocycles. The van der Waals surface area contributed by atoms with E-state index in [0.717, 1.165) is 23.4 Å². The number of aryl methyl sites for hydroxylation is 1. The average molecular weight is 375 g/mol. The maximum atomic E-state index is 12.6. The molecule has 0 fully saturated rings. The monoisotopic (exact) mass is 375 g/mol. The summed E-state index contributed by atoms with van der Waals surface area (Å²) in [6, 6.07) is 4.32. The Morgan fingerprint density at radius 1 is 1.40 bits per heavy atom. The van der Waals surface area contributed by atoms with E-state index in [-0.39, 0.29) is 22.3 Å². The highest BCUT2D eigenvalue weighted by Gasteiger charge is 2.37. The van der Waals surface area contributed by atoms with E-state index in [1.807, 2.05) is 0 Å². The molecule has 0 bridgehead atoms. The number of para-hydroxylation sites is 1. The normalized spacial score (nSPS) is 11.4. The number of halogens is 3. The number of anilines is 1. The van der Waals surface area contributed by atoms with Gasteiger partial charge in [0.25, 0.3) is 5.69 Å². The second-order valence-corrected chi connectivity index (χ2v) is 5.87. The quantitative estimate of drug-likeness (QED) is 0.490. The number of aromatic nitrogens is 3. The van der Waals surface area contributed by atoms with E-state index in [0.29, 0.717) is 5.56 Å². The molecule has 1 N–H and O–H groups in total. The number of alkyl halides is 3. The van der Waals surface area contributed by atoms with Gasteiger partial charge >= 0.3 is 6.18 Å². The van der Waals surface area contributed by atoms with Crippen molar-refractivity contribution in [2.45, 2.75) is 18.3 Å². The first kappa shape index (κ1) is 18.7. The van der Waals surface area contributed by atoms with E-state index >= 15 is 0 Å². The van der Waals surface area contributed by atoms with Gasteiger partial charge in [0.2, 0.25) is 11.7 Å². The topological polar surface area (TPSA) is 103 Å². The van der Waals surface area contributed by atoms with Crippen LogP contribution in [0.1, 0.15) is 11.4 Å².